The Morgan fingerprint density at radius 1 is 1.60 bits per heavy atom. The van der Waals surface area contributed by atoms with Crippen LogP contribution in [0.5, 0.6) is 0 Å². The summed E-state index contributed by atoms with van der Waals surface area (Å²) in [4.78, 5) is 25.5. The summed E-state index contributed by atoms with van der Waals surface area (Å²) in [6.45, 7) is 1.31. The lowest BCUT2D eigenvalue weighted by molar-refractivity contribution is -0.145. The first-order chi connectivity index (χ1) is 8.97. The van der Waals surface area contributed by atoms with Crippen molar-refractivity contribution in [1.29, 1.82) is 0 Å². The van der Waals surface area contributed by atoms with Gasteiger partial charge >= 0.3 is 11.7 Å². The first-order valence-electron chi connectivity index (χ1n) is 5.48. The maximum absolute atomic E-state index is 13.3. The van der Waals surface area contributed by atoms with E-state index >= 15 is 0 Å². The van der Waals surface area contributed by atoms with Crippen LogP contribution >= 0.6 is 0 Å². The predicted octanol–water partition coefficient (Wildman–Crippen LogP) is -0.843. The fourth-order valence-electron chi connectivity index (χ4n) is 1.58. The Hall–Kier alpha value is -2.26. The number of nitrogens with two attached hydrogens (primary N) is 1. The Bertz CT molecular complexity index is 586. The van der Waals surface area contributed by atoms with Gasteiger partial charge in [0, 0.05) is 6.92 Å². The highest BCUT2D eigenvalue weighted by Gasteiger charge is 2.23. The molecule has 0 fully saturated rings. The summed E-state index contributed by atoms with van der Waals surface area (Å²) in [5.41, 5.74) is 4.46. The molecule has 0 saturated carbocycles. The van der Waals surface area contributed by atoms with Gasteiger partial charge in [0.1, 0.15) is 12.7 Å². The number of aromatic nitrogens is 2. The van der Waals surface area contributed by atoms with Gasteiger partial charge in [0.25, 0.3) is 0 Å². The van der Waals surface area contributed by atoms with E-state index in [1.165, 1.54) is 6.92 Å². The second-order valence-corrected chi connectivity index (χ2v) is 3.92. The van der Waals surface area contributed by atoms with Crippen molar-refractivity contribution in [3.63, 3.8) is 0 Å². The standard InChI is InChI=1S/C11H12FN3O4.H2O/c1-6(16)18-5-7-2-3-9(19-7)15-4-8(12)10(13)14-11(15)17;/h2-4,7,9H,5H2,1H3,(H2,13,14,17);1H2. The molecule has 2 atom stereocenters. The maximum Gasteiger partial charge on any atom is 0.352 e. The van der Waals surface area contributed by atoms with Crippen LogP contribution in [0.25, 0.3) is 0 Å². The van der Waals surface area contributed by atoms with Crippen LogP contribution in [0.1, 0.15) is 13.2 Å². The second kappa shape index (κ2) is 6.26. The Labute approximate surface area is 112 Å². The van der Waals surface area contributed by atoms with E-state index in [4.69, 9.17) is 15.2 Å². The molecule has 2 unspecified atom stereocenters. The monoisotopic (exact) mass is 287 g/mol. The molecule has 0 aliphatic carbocycles. The molecule has 8 nitrogen and oxygen atoms in total. The zero-order valence-electron chi connectivity index (χ0n) is 10.6. The molecule has 0 spiro atoms. The van der Waals surface area contributed by atoms with E-state index in [2.05, 4.69) is 4.98 Å². The molecule has 0 bridgehead atoms. The number of nitrogens with zero attached hydrogens (tertiary/aromatic N) is 2. The van der Waals surface area contributed by atoms with Crippen molar-refractivity contribution >= 4 is 11.8 Å². The van der Waals surface area contributed by atoms with Crippen molar-refractivity contribution in [2.45, 2.75) is 19.3 Å². The normalized spacial score (nSPS) is 20.5. The van der Waals surface area contributed by atoms with E-state index in [-0.39, 0.29) is 12.1 Å². The van der Waals surface area contributed by atoms with Crippen molar-refractivity contribution in [2.24, 2.45) is 0 Å². The molecule has 20 heavy (non-hydrogen) atoms. The summed E-state index contributed by atoms with van der Waals surface area (Å²) in [7, 11) is 0. The molecule has 2 rings (SSSR count). The topological polar surface area (TPSA) is 128 Å². The van der Waals surface area contributed by atoms with Crippen molar-refractivity contribution in [3.05, 3.63) is 34.7 Å². The Morgan fingerprint density at radius 3 is 2.95 bits per heavy atom. The first kappa shape index (κ1) is 15.8. The van der Waals surface area contributed by atoms with Gasteiger partial charge in [0.2, 0.25) is 0 Å². The molecule has 0 saturated heterocycles. The largest absolute Gasteiger partial charge is 0.463 e. The highest BCUT2D eigenvalue weighted by molar-refractivity contribution is 5.65. The van der Waals surface area contributed by atoms with Gasteiger partial charge < -0.3 is 20.7 Å². The highest BCUT2D eigenvalue weighted by atomic mass is 19.1. The molecule has 110 valence electrons. The van der Waals surface area contributed by atoms with Crippen LogP contribution in [0.3, 0.4) is 0 Å². The Kier molecular flexibility index (Phi) is 4.94. The van der Waals surface area contributed by atoms with E-state index in [0.29, 0.717) is 0 Å². The van der Waals surface area contributed by atoms with Crippen LogP contribution in [-0.4, -0.2) is 33.7 Å². The van der Waals surface area contributed by atoms with E-state index in [9.17, 15) is 14.0 Å². The third kappa shape index (κ3) is 3.39. The zero-order valence-corrected chi connectivity index (χ0v) is 10.6. The minimum absolute atomic E-state index is 0. The quantitative estimate of drug-likeness (QED) is 0.570. The number of ether oxygens (including phenoxy) is 2. The molecule has 1 aliphatic heterocycles. The summed E-state index contributed by atoms with van der Waals surface area (Å²) in [6.07, 6.45) is 2.81. The number of rotatable bonds is 3. The van der Waals surface area contributed by atoms with Crippen LogP contribution in [0.4, 0.5) is 10.2 Å². The molecule has 1 aromatic rings. The lowest BCUT2D eigenvalue weighted by Crippen LogP contribution is -2.29. The Balaban J connectivity index is 0.00000200. The van der Waals surface area contributed by atoms with Crippen molar-refractivity contribution in [3.8, 4) is 0 Å². The maximum atomic E-state index is 13.3. The molecule has 2 heterocycles. The zero-order chi connectivity index (χ0) is 14.0. The molecule has 0 radical (unpaired) electrons. The van der Waals surface area contributed by atoms with Gasteiger partial charge in [-0.1, -0.05) is 6.08 Å². The van der Waals surface area contributed by atoms with Crippen molar-refractivity contribution in [1.82, 2.24) is 9.55 Å². The van der Waals surface area contributed by atoms with Crippen molar-refractivity contribution in [2.75, 3.05) is 12.3 Å². The number of esters is 1. The molecule has 9 heteroatoms. The lowest BCUT2D eigenvalue weighted by atomic mass is 10.4. The average molecular weight is 287 g/mol. The van der Waals surface area contributed by atoms with E-state index in [0.717, 1.165) is 10.8 Å². The van der Waals surface area contributed by atoms with E-state index in [1.807, 2.05) is 0 Å². The van der Waals surface area contributed by atoms with Gasteiger partial charge in [-0.25, -0.2) is 9.18 Å². The summed E-state index contributed by atoms with van der Waals surface area (Å²) in [5, 5.41) is 0. The molecule has 1 aliphatic rings. The van der Waals surface area contributed by atoms with E-state index < -0.39 is 35.6 Å². The van der Waals surface area contributed by atoms with Gasteiger partial charge in [0.15, 0.2) is 17.9 Å². The number of nitrogen functional groups attached to an aromatic ring is 1. The highest BCUT2D eigenvalue weighted by Crippen LogP contribution is 2.20. The third-order valence-corrected chi connectivity index (χ3v) is 2.46. The molecule has 1 aromatic heterocycles. The summed E-state index contributed by atoms with van der Waals surface area (Å²) >= 11 is 0. The predicted molar refractivity (Wildman–Crippen MR) is 66.2 cm³/mol. The minimum Gasteiger partial charge on any atom is -0.463 e. The molecule has 0 aromatic carbocycles. The summed E-state index contributed by atoms with van der Waals surface area (Å²) in [6, 6.07) is 0. The molecular weight excluding hydrogens is 273 g/mol. The third-order valence-electron chi connectivity index (χ3n) is 2.46. The number of carbonyl (C=O) groups is 1. The van der Waals surface area contributed by atoms with Crippen molar-refractivity contribution < 1.29 is 24.1 Å². The molecular formula is C11H14FN3O5. The van der Waals surface area contributed by atoms with Gasteiger partial charge in [-0.15, -0.1) is 0 Å². The Morgan fingerprint density at radius 2 is 2.30 bits per heavy atom. The number of halogens is 1. The van der Waals surface area contributed by atoms with Gasteiger partial charge in [-0.2, -0.15) is 4.98 Å². The van der Waals surface area contributed by atoms with Crippen LogP contribution in [0, 0.1) is 5.82 Å². The summed E-state index contributed by atoms with van der Waals surface area (Å²) in [5.74, 6) is -1.70. The minimum atomic E-state index is -0.806. The van der Waals surface area contributed by atoms with Gasteiger partial charge in [0.05, 0.1) is 6.20 Å². The average Bonchev–Trinajstić information content (AvgIpc) is 2.80. The number of anilines is 1. The number of carbonyl (C=O) groups excluding carboxylic acids is 1. The number of hydrogen-bond donors (Lipinski definition) is 1. The van der Waals surface area contributed by atoms with Crippen LogP contribution in [0.15, 0.2) is 23.1 Å². The van der Waals surface area contributed by atoms with Crippen LogP contribution < -0.4 is 11.4 Å². The van der Waals surface area contributed by atoms with Gasteiger partial charge in [-0.05, 0) is 6.08 Å². The molecule has 0 amide bonds. The second-order valence-electron chi connectivity index (χ2n) is 3.92. The first-order valence-corrected chi connectivity index (χ1v) is 5.48. The van der Waals surface area contributed by atoms with E-state index in [1.54, 1.807) is 12.2 Å². The SMILES string of the molecule is CC(=O)OCC1C=CC(n2cc(F)c(N)nc2=O)O1.O. The van der Waals surface area contributed by atoms with Gasteiger partial charge in [-0.3, -0.25) is 9.36 Å². The lowest BCUT2D eigenvalue weighted by Gasteiger charge is -2.15. The fourth-order valence-corrected chi connectivity index (χ4v) is 1.58. The summed E-state index contributed by atoms with van der Waals surface area (Å²) < 4.78 is 24.4. The molecule has 4 N–H and O–H groups in total. The van der Waals surface area contributed by atoms with Crippen LogP contribution in [0.2, 0.25) is 0 Å². The number of hydrogen-bond acceptors (Lipinski definition) is 6. The smallest absolute Gasteiger partial charge is 0.352 e. The van der Waals surface area contributed by atoms with Crippen LogP contribution in [-0.2, 0) is 14.3 Å². The fraction of sp³-hybridized carbons (Fsp3) is 0.364.